The van der Waals surface area contributed by atoms with Crippen molar-refractivity contribution in [2.24, 2.45) is 5.92 Å². The first-order valence-electron chi connectivity index (χ1n) is 7.49. The molecule has 0 spiro atoms. The van der Waals surface area contributed by atoms with E-state index in [1.165, 1.54) is 19.3 Å². The van der Waals surface area contributed by atoms with Gasteiger partial charge in [0.1, 0.15) is 17.9 Å². The molecule has 5 heteroatoms. The first kappa shape index (κ1) is 15.5. The molecular formula is C15H23ClN2O2. The van der Waals surface area contributed by atoms with E-state index in [1.807, 2.05) is 6.92 Å². The van der Waals surface area contributed by atoms with Gasteiger partial charge in [0.25, 0.3) is 0 Å². The number of aromatic nitrogens is 2. The molecule has 2 atom stereocenters. The molecule has 2 unspecified atom stereocenters. The molecule has 1 aromatic heterocycles. The Bertz CT molecular complexity index is 428. The minimum Gasteiger partial charge on any atom is -0.474 e. The van der Waals surface area contributed by atoms with Crippen LogP contribution in [-0.4, -0.2) is 22.7 Å². The molecule has 20 heavy (non-hydrogen) atoms. The van der Waals surface area contributed by atoms with Gasteiger partial charge in [0.2, 0.25) is 5.88 Å². The van der Waals surface area contributed by atoms with Gasteiger partial charge in [0.05, 0.1) is 0 Å². The van der Waals surface area contributed by atoms with Crippen molar-refractivity contribution in [3.63, 3.8) is 0 Å². The van der Waals surface area contributed by atoms with Crippen LogP contribution in [0.5, 0.6) is 5.88 Å². The number of nitrogens with zero attached hydrogens (tertiary/aromatic N) is 2. The highest BCUT2D eigenvalue weighted by Crippen LogP contribution is 2.29. The second-order valence-corrected chi connectivity index (χ2v) is 5.65. The second kappa shape index (κ2) is 7.79. The summed E-state index contributed by atoms with van der Waals surface area (Å²) < 4.78 is 11.3. The molecule has 1 heterocycles. The Labute approximate surface area is 125 Å². The van der Waals surface area contributed by atoms with Gasteiger partial charge in [-0.15, -0.1) is 0 Å². The van der Waals surface area contributed by atoms with E-state index in [4.69, 9.17) is 21.1 Å². The summed E-state index contributed by atoms with van der Waals surface area (Å²) in [5.74, 6) is 1.92. The Hall–Kier alpha value is -0.870. The van der Waals surface area contributed by atoms with E-state index < -0.39 is 0 Å². The SMILES string of the molecule is CCOCc1nc(Cl)cc(OC2CCCC(CC)C2)n1. The molecule has 112 valence electrons. The van der Waals surface area contributed by atoms with Crippen molar-refractivity contribution in [3.05, 3.63) is 17.0 Å². The molecule has 0 aliphatic heterocycles. The van der Waals surface area contributed by atoms with Crippen LogP contribution >= 0.6 is 11.6 Å². The summed E-state index contributed by atoms with van der Waals surface area (Å²) in [6.45, 7) is 5.19. The number of halogens is 1. The van der Waals surface area contributed by atoms with Gasteiger partial charge in [-0.25, -0.2) is 4.98 Å². The highest BCUT2D eigenvalue weighted by atomic mass is 35.5. The fourth-order valence-electron chi connectivity index (χ4n) is 2.65. The predicted molar refractivity (Wildman–Crippen MR) is 79.0 cm³/mol. The van der Waals surface area contributed by atoms with Crippen LogP contribution in [0.2, 0.25) is 5.15 Å². The average molecular weight is 299 g/mol. The fourth-order valence-corrected chi connectivity index (χ4v) is 2.84. The molecular weight excluding hydrogens is 276 g/mol. The van der Waals surface area contributed by atoms with Gasteiger partial charge in [-0.3, -0.25) is 0 Å². The van der Waals surface area contributed by atoms with Gasteiger partial charge < -0.3 is 9.47 Å². The highest BCUT2D eigenvalue weighted by molar-refractivity contribution is 6.29. The van der Waals surface area contributed by atoms with Gasteiger partial charge >= 0.3 is 0 Å². The zero-order valence-electron chi connectivity index (χ0n) is 12.3. The van der Waals surface area contributed by atoms with Gasteiger partial charge in [-0.2, -0.15) is 4.98 Å². The van der Waals surface area contributed by atoms with E-state index >= 15 is 0 Å². The lowest BCUT2D eigenvalue weighted by Gasteiger charge is -2.28. The van der Waals surface area contributed by atoms with Gasteiger partial charge in [0.15, 0.2) is 5.82 Å². The summed E-state index contributed by atoms with van der Waals surface area (Å²) >= 11 is 6.02. The maximum Gasteiger partial charge on any atom is 0.218 e. The first-order valence-corrected chi connectivity index (χ1v) is 7.86. The fraction of sp³-hybridized carbons (Fsp3) is 0.733. The number of ether oxygens (including phenoxy) is 2. The van der Waals surface area contributed by atoms with Crippen LogP contribution in [0.1, 0.15) is 51.8 Å². The maximum atomic E-state index is 6.02. The van der Waals surface area contributed by atoms with Crippen LogP contribution in [-0.2, 0) is 11.3 Å². The Balaban J connectivity index is 1.99. The molecule has 0 radical (unpaired) electrons. The summed E-state index contributed by atoms with van der Waals surface area (Å²) in [7, 11) is 0. The highest BCUT2D eigenvalue weighted by Gasteiger charge is 2.22. The molecule has 0 aromatic carbocycles. The molecule has 1 aliphatic rings. The van der Waals surface area contributed by atoms with E-state index in [2.05, 4.69) is 16.9 Å². The molecule has 0 amide bonds. The normalized spacial score (nSPS) is 22.8. The van der Waals surface area contributed by atoms with Crippen LogP contribution < -0.4 is 4.74 Å². The summed E-state index contributed by atoms with van der Waals surface area (Å²) in [5, 5.41) is 0.410. The third kappa shape index (κ3) is 4.60. The Kier molecular flexibility index (Phi) is 6.05. The van der Waals surface area contributed by atoms with Crippen molar-refractivity contribution < 1.29 is 9.47 Å². The summed E-state index contributed by atoms with van der Waals surface area (Å²) in [6.07, 6.45) is 6.22. The molecule has 4 nitrogen and oxygen atoms in total. The van der Waals surface area contributed by atoms with Crippen molar-refractivity contribution in [2.45, 2.75) is 58.7 Å². The smallest absolute Gasteiger partial charge is 0.218 e. The van der Waals surface area contributed by atoms with E-state index in [0.717, 1.165) is 18.8 Å². The van der Waals surface area contributed by atoms with Gasteiger partial charge in [0, 0.05) is 12.7 Å². The Morgan fingerprint density at radius 1 is 1.30 bits per heavy atom. The second-order valence-electron chi connectivity index (χ2n) is 5.26. The van der Waals surface area contributed by atoms with E-state index in [0.29, 0.717) is 30.1 Å². The van der Waals surface area contributed by atoms with Gasteiger partial charge in [-0.05, 0) is 32.1 Å². The lowest BCUT2D eigenvalue weighted by Crippen LogP contribution is -2.25. The number of rotatable bonds is 6. The van der Waals surface area contributed by atoms with E-state index in [1.54, 1.807) is 6.07 Å². The monoisotopic (exact) mass is 298 g/mol. The van der Waals surface area contributed by atoms with Crippen LogP contribution in [0.15, 0.2) is 6.07 Å². The van der Waals surface area contributed by atoms with Crippen molar-refractivity contribution in [2.75, 3.05) is 6.61 Å². The van der Waals surface area contributed by atoms with Crippen LogP contribution in [0.25, 0.3) is 0 Å². The number of hydrogen-bond acceptors (Lipinski definition) is 4. The summed E-state index contributed by atoms with van der Waals surface area (Å²) in [6, 6.07) is 1.69. The molecule has 0 saturated heterocycles. The van der Waals surface area contributed by atoms with E-state index in [9.17, 15) is 0 Å². The third-order valence-electron chi connectivity index (χ3n) is 3.75. The topological polar surface area (TPSA) is 44.2 Å². The molecule has 0 bridgehead atoms. The lowest BCUT2D eigenvalue weighted by atomic mass is 9.85. The molecule has 2 rings (SSSR count). The molecule has 1 saturated carbocycles. The standard InChI is InChI=1S/C15H23ClN2O2/c1-3-11-6-5-7-12(8-11)20-15-9-13(16)17-14(18-15)10-19-4-2/h9,11-12H,3-8,10H2,1-2H3. The Morgan fingerprint density at radius 2 is 2.15 bits per heavy atom. The predicted octanol–water partition coefficient (Wildman–Crippen LogP) is 4.01. The Morgan fingerprint density at radius 3 is 2.90 bits per heavy atom. The molecule has 1 aromatic rings. The molecule has 0 N–H and O–H groups in total. The molecule has 1 aliphatic carbocycles. The largest absolute Gasteiger partial charge is 0.474 e. The zero-order chi connectivity index (χ0) is 14.4. The minimum absolute atomic E-state index is 0.250. The zero-order valence-corrected chi connectivity index (χ0v) is 13.0. The number of hydrogen-bond donors (Lipinski definition) is 0. The van der Waals surface area contributed by atoms with Gasteiger partial charge in [-0.1, -0.05) is 31.4 Å². The van der Waals surface area contributed by atoms with Crippen LogP contribution in [0.4, 0.5) is 0 Å². The molecule has 1 fully saturated rings. The van der Waals surface area contributed by atoms with Crippen LogP contribution in [0, 0.1) is 5.92 Å². The van der Waals surface area contributed by atoms with Crippen LogP contribution in [0.3, 0.4) is 0 Å². The van der Waals surface area contributed by atoms with Crippen molar-refractivity contribution in [1.82, 2.24) is 9.97 Å². The quantitative estimate of drug-likeness (QED) is 0.744. The van der Waals surface area contributed by atoms with Crippen molar-refractivity contribution in [1.29, 1.82) is 0 Å². The maximum absolute atomic E-state index is 6.02. The lowest BCUT2D eigenvalue weighted by molar-refractivity contribution is 0.111. The van der Waals surface area contributed by atoms with Crippen molar-refractivity contribution >= 4 is 11.6 Å². The van der Waals surface area contributed by atoms with Crippen molar-refractivity contribution in [3.8, 4) is 5.88 Å². The third-order valence-corrected chi connectivity index (χ3v) is 3.95. The summed E-state index contributed by atoms with van der Waals surface area (Å²) in [5.41, 5.74) is 0. The average Bonchev–Trinajstić information content (AvgIpc) is 2.44. The minimum atomic E-state index is 0.250. The summed E-state index contributed by atoms with van der Waals surface area (Å²) in [4.78, 5) is 8.52. The first-order chi connectivity index (χ1) is 9.71. The van der Waals surface area contributed by atoms with E-state index in [-0.39, 0.29) is 6.10 Å².